The minimum atomic E-state index is 0.793. The third kappa shape index (κ3) is 3.48. The molecule has 3 rings (SSSR count). The maximum Gasteiger partial charge on any atom is 0.0367 e. The molecule has 19 heavy (non-hydrogen) atoms. The van der Waals surface area contributed by atoms with Gasteiger partial charge in [-0.15, -0.1) is 0 Å². The van der Waals surface area contributed by atoms with Crippen LogP contribution in [0.25, 0.3) is 0 Å². The van der Waals surface area contributed by atoms with E-state index < -0.39 is 0 Å². The molecule has 0 amide bonds. The molecule has 1 N–H and O–H groups in total. The number of likely N-dealkylation sites (N-methyl/N-ethyl adjacent to an activating group) is 1. The van der Waals surface area contributed by atoms with Crippen molar-refractivity contribution in [1.29, 1.82) is 0 Å². The van der Waals surface area contributed by atoms with Gasteiger partial charge in [0.05, 0.1) is 0 Å². The van der Waals surface area contributed by atoms with Crippen molar-refractivity contribution in [2.24, 2.45) is 0 Å². The van der Waals surface area contributed by atoms with Crippen LogP contribution in [0, 0.1) is 0 Å². The standard InChI is InChI=1S/C16H25N3/c1-2-18-9-11-19(12-10-18)16-7-3-14(4-8-16)13-17-15-5-6-15/h3-4,7-8,15,17H,2,5-6,9-13H2,1H3. The Kier molecular flexibility index (Phi) is 4.04. The van der Waals surface area contributed by atoms with Gasteiger partial charge in [0.1, 0.15) is 0 Å². The van der Waals surface area contributed by atoms with E-state index in [1.54, 1.807) is 0 Å². The number of anilines is 1. The second kappa shape index (κ2) is 5.93. The summed E-state index contributed by atoms with van der Waals surface area (Å²) in [5, 5.41) is 3.57. The highest BCUT2D eigenvalue weighted by Gasteiger charge is 2.20. The van der Waals surface area contributed by atoms with E-state index in [2.05, 4.69) is 46.3 Å². The maximum absolute atomic E-state index is 3.57. The summed E-state index contributed by atoms with van der Waals surface area (Å²) in [5.74, 6) is 0. The fourth-order valence-corrected chi connectivity index (χ4v) is 2.70. The summed E-state index contributed by atoms with van der Waals surface area (Å²) in [7, 11) is 0. The predicted octanol–water partition coefficient (Wildman–Crippen LogP) is 2.08. The zero-order valence-corrected chi connectivity index (χ0v) is 11.9. The van der Waals surface area contributed by atoms with E-state index in [9.17, 15) is 0 Å². The van der Waals surface area contributed by atoms with Crippen molar-refractivity contribution in [3.63, 3.8) is 0 Å². The van der Waals surface area contributed by atoms with Crippen LogP contribution in [-0.2, 0) is 6.54 Å². The molecular weight excluding hydrogens is 234 g/mol. The van der Waals surface area contributed by atoms with Gasteiger partial charge < -0.3 is 15.1 Å². The summed E-state index contributed by atoms with van der Waals surface area (Å²) in [6.07, 6.45) is 2.72. The number of piperazine rings is 1. The van der Waals surface area contributed by atoms with Crippen molar-refractivity contribution in [3.8, 4) is 0 Å². The normalized spacial score (nSPS) is 20.8. The van der Waals surface area contributed by atoms with Crippen molar-refractivity contribution >= 4 is 5.69 Å². The lowest BCUT2D eigenvalue weighted by Gasteiger charge is -2.35. The van der Waals surface area contributed by atoms with Crippen molar-refractivity contribution in [1.82, 2.24) is 10.2 Å². The van der Waals surface area contributed by atoms with Crippen LogP contribution >= 0.6 is 0 Å². The first-order chi connectivity index (χ1) is 9.35. The molecule has 2 fully saturated rings. The summed E-state index contributed by atoms with van der Waals surface area (Å²) in [4.78, 5) is 5.02. The Morgan fingerprint density at radius 1 is 1.05 bits per heavy atom. The van der Waals surface area contributed by atoms with E-state index in [1.807, 2.05) is 0 Å². The summed E-state index contributed by atoms with van der Waals surface area (Å²) in [6, 6.07) is 9.91. The van der Waals surface area contributed by atoms with Gasteiger partial charge in [-0.05, 0) is 37.1 Å². The van der Waals surface area contributed by atoms with E-state index in [-0.39, 0.29) is 0 Å². The van der Waals surface area contributed by atoms with Gasteiger partial charge in [0, 0.05) is 44.5 Å². The van der Waals surface area contributed by atoms with Crippen LogP contribution < -0.4 is 10.2 Å². The fraction of sp³-hybridized carbons (Fsp3) is 0.625. The Labute approximate surface area is 116 Å². The van der Waals surface area contributed by atoms with Crippen molar-refractivity contribution in [3.05, 3.63) is 29.8 Å². The molecule has 0 radical (unpaired) electrons. The number of hydrogen-bond donors (Lipinski definition) is 1. The molecule has 1 heterocycles. The first-order valence-corrected chi connectivity index (χ1v) is 7.65. The molecule has 0 aromatic heterocycles. The number of nitrogens with zero attached hydrogens (tertiary/aromatic N) is 2. The third-order valence-corrected chi connectivity index (χ3v) is 4.29. The molecule has 1 aromatic carbocycles. The number of nitrogens with one attached hydrogen (secondary N) is 1. The quantitative estimate of drug-likeness (QED) is 0.873. The third-order valence-electron chi connectivity index (χ3n) is 4.29. The molecule has 0 bridgehead atoms. The lowest BCUT2D eigenvalue weighted by atomic mass is 10.1. The molecule has 3 heteroatoms. The van der Waals surface area contributed by atoms with E-state index in [0.717, 1.165) is 25.7 Å². The van der Waals surface area contributed by atoms with Crippen LogP contribution in [0.2, 0.25) is 0 Å². The SMILES string of the molecule is CCN1CCN(c2ccc(CNC3CC3)cc2)CC1. The fourth-order valence-electron chi connectivity index (χ4n) is 2.70. The highest BCUT2D eigenvalue weighted by molar-refractivity contribution is 5.48. The highest BCUT2D eigenvalue weighted by atomic mass is 15.3. The smallest absolute Gasteiger partial charge is 0.0367 e. The summed E-state index contributed by atoms with van der Waals surface area (Å²) in [5.41, 5.74) is 2.79. The Hall–Kier alpha value is -1.06. The molecule has 0 atom stereocenters. The van der Waals surface area contributed by atoms with E-state index >= 15 is 0 Å². The molecule has 104 valence electrons. The zero-order valence-electron chi connectivity index (χ0n) is 11.9. The second-order valence-corrected chi connectivity index (χ2v) is 5.74. The Bertz CT molecular complexity index is 389. The van der Waals surface area contributed by atoms with Gasteiger partial charge >= 0.3 is 0 Å². The first-order valence-electron chi connectivity index (χ1n) is 7.65. The summed E-state index contributed by atoms with van der Waals surface area (Å²) in [6.45, 7) is 9.16. The van der Waals surface area contributed by atoms with E-state index in [0.29, 0.717) is 0 Å². The molecule has 1 aromatic rings. The van der Waals surface area contributed by atoms with Crippen molar-refractivity contribution in [2.75, 3.05) is 37.6 Å². The van der Waals surface area contributed by atoms with Gasteiger partial charge in [0.25, 0.3) is 0 Å². The molecule has 2 aliphatic rings. The van der Waals surface area contributed by atoms with Crippen LogP contribution in [-0.4, -0.2) is 43.7 Å². The Morgan fingerprint density at radius 3 is 2.32 bits per heavy atom. The van der Waals surface area contributed by atoms with E-state index in [4.69, 9.17) is 0 Å². The number of rotatable bonds is 5. The van der Waals surface area contributed by atoms with Crippen LogP contribution in [0.1, 0.15) is 25.3 Å². The molecule has 0 spiro atoms. The number of hydrogen-bond acceptors (Lipinski definition) is 3. The molecule has 1 aliphatic carbocycles. The predicted molar refractivity (Wildman–Crippen MR) is 80.6 cm³/mol. The monoisotopic (exact) mass is 259 g/mol. The Morgan fingerprint density at radius 2 is 1.74 bits per heavy atom. The molecule has 1 aliphatic heterocycles. The van der Waals surface area contributed by atoms with Gasteiger partial charge in [0.2, 0.25) is 0 Å². The largest absolute Gasteiger partial charge is 0.369 e. The number of benzene rings is 1. The minimum Gasteiger partial charge on any atom is -0.369 e. The summed E-state index contributed by atoms with van der Waals surface area (Å²) < 4.78 is 0. The van der Waals surface area contributed by atoms with E-state index in [1.165, 1.54) is 43.7 Å². The lowest BCUT2D eigenvalue weighted by molar-refractivity contribution is 0.271. The van der Waals surface area contributed by atoms with Gasteiger partial charge in [0.15, 0.2) is 0 Å². The Balaban J connectivity index is 1.53. The minimum absolute atomic E-state index is 0.793. The molecule has 1 saturated carbocycles. The molecule has 1 saturated heterocycles. The van der Waals surface area contributed by atoms with Gasteiger partial charge in [-0.25, -0.2) is 0 Å². The lowest BCUT2D eigenvalue weighted by Crippen LogP contribution is -2.46. The van der Waals surface area contributed by atoms with Gasteiger partial charge in [-0.3, -0.25) is 0 Å². The average molecular weight is 259 g/mol. The van der Waals surface area contributed by atoms with Gasteiger partial charge in [-0.2, -0.15) is 0 Å². The molecular formula is C16H25N3. The van der Waals surface area contributed by atoms with Crippen molar-refractivity contribution < 1.29 is 0 Å². The zero-order chi connectivity index (χ0) is 13.1. The average Bonchev–Trinajstić information content (AvgIpc) is 3.30. The van der Waals surface area contributed by atoms with Crippen LogP contribution in [0.4, 0.5) is 5.69 Å². The van der Waals surface area contributed by atoms with Crippen LogP contribution in [0.15, 0.2) is 24.3 Å². The van der Waals surface area contributed by atoms with Crippen molar-refractivity contribution in [2.45, 2.75) is 32.4 Å². The maximum atomic E-state index is 3.57. The second-order valence-electron chi connectivity index (χ2n) is 5.74. The van der Waals surface area contributed by atoms with Crippen LogP contribution in [0.3, 0.4) is 0 Å². The topological polar surface area (TPSA) is 18.5 Å². The van der Waals surface area contributed by atoms with Gasteiger partial charge in [-0.1, -0.05) is 19.1 Å². The molecule has 3 nitrogen and oxygen atoms in total. The highest BCUT2D eigenvalue weighted by Crippen LogP contribution is 2.20. The van der Waals surface area contributed by atoms with Crippen LogP contribution in [0.5, 0.6) is 0 Å². The molecule has 0 unspecified atom stereocenters. The first kappa shape index (κ1) is 12.9. The summed E-state index contributed by atoms with van der Waals surface area (Å²) >= 11 is 0.